The van der Waals surface area contributed by atoms with Gasteiger partial charge < -0.3 is 19.9 Å². The number of ether oxygens (including phenoxy) is 1. The van der Waals surface area contributed by atoms with Crippen molar-refractivity contribution < 1.29 is 13.9 Å². The Morgan fingerprint density at radius 3 is 2.78 bits per heavy atom. The van der Waals surface area contributed by atoms with E-state index in [0.717, 1.165) is 24.9 Å². The van der Waals surface area contributed by atoms with E-state index in [4.69, 9.17) is 4.74 Å². The molecule has 0 radical (unpaired) electrons. The summed E-state index contributed by atoms with van der Waals surface area (Å²) in [5, 5.41) is 5.50. The monoisotopic (exact) mass is 507 g/mol. The molecule has 1 atom stereocenters. The number of carbonyl (C=O) groups is 1. The lowest BCUT2D eigenvalue weighted by atomic mass is 9.96. The summed E-state index contributed by atoms with van der Waals surface area (Å²) in [5.74, 6) is 0.636. The van der Waals surface area contributed by atoms with Gasteiger partial charge in [0.25, 0.3) is 0 Å². The van der Waals surface area contributed by atoms with Crippen molar-refractivity contribution in [2.75, 3.05) is 75.8 Å². The Bertz CT molecular complexity index is 1220. The zero-order chi connectivity index (χ0) is 25.6. The van der Waals surface area contributed by atoms with Crippen LogP contribution in [-0.4, -0.2) is 96.2 Å². The first kappa shape index (κ1) is 25.3. The van der Waals surface area contributed by atoms with Crippen LogP contribution >= 0.6 is 0 Å². The Labute approximate surface area is 216 Å². The van der Waals surface area contributed by atoms with Crippen molar-refractivity contribution in [1.29, 1.82) is 0 Å². The number of hydrogen-bond donors (Lipinski definition) is 1. The number of fused-ring (bicyclic) bond motifs is 1. The summed E-state index contributed by atoms with van der Waals surface area (Å²) in [6.07, 6.45) is 5.90. The quantitative estimate of drug-likeness (QED) is 0.522. The number of hydrogen-bond acceptors (Lipinski definition) is 8. The van der Waals surface area contributed by atoms with E-state index in [2.05, 4.69) is 43.4 Å². The van der Waals surface area contributed by atoms with Crippen LogP contribution in [0, 0.1) is 11.7 Å². The van der Waals surface area contributed by atoms with Gasteiger partial charge in [0.1, 0.15) is 0 Å². The minimum absolute atomic E-state index is 0.0970. The van der Waals surface area contributed by atoms with Gasteiger partial charge in [0.05, 0.1) is 19.4 Å². The molecule has 2 fully saturated rings. The van der Waals surface area contributed by atoms with Crippen LogP contribution in [0.25, 0.3) is 10.8 Å². The van der Waals surface area contributed by atoms with Crippen LogP contribution in [0.4, 0.5) is 16.2 Å². The highest BCUT2D eigenvalue weighted by molar-refractivity contribution is 5.84. The number of amides is 1. The third kappa shape index (κ3) is 6.31. The van der Waals surface area contributed by atoms with E-state index in [1.807, 2.05) is 28.3 Å². The summed E-state index contributed by atoms with van der Waals surface area (Å²) < 4.78 is 19.8. The van der Waals surface area contributed by atoms with Gasteiger partial charge in [-0.3, -0.25) is 14.7 Å². The third-order valence-electron chi connectivity index (χ3n) is 7.13. The smallest absolute Gasteiger partial charge is 0.227 e. The number of pyridine rings is 1. The Balaban J connectivity index is 1.24. The van der Waals surface area contributed by atoms with Gasteiger partial charge in [-0.05, 0) is 23.3 Å². The van der Waals surface area contributed by atoms with Gasteiger partial charge in [-0.1, -0.05) is 24.3 Å². The van der Waals surface area contributed by atoms with Crippen LogP contribution in [0.3, 0.4) is 0 Å². The molecule has 196 valence electrons. The Kier molecular flexibility index (Phi) is 8.05. The summed E-state index contributed by atoms with van der Waals surface area (Å²) in [6.45, 7) is 8.53. The van der Waals surface area contributed by atoms with Gasteiger partial charge in [0.15, 0.2) is 11.6 Å². The van der Waals surface area contributed by atoms with E-state index in [-0.39, 0.29) is 17.6 Å². The Morgan fingerprint density at radius 1 is 1.11 bits per heavy atom. The molecule has 5 rings (SSSR count). The number of nitrogens with one attached hydrogen (secondary N) is 1. The second-order valence-corrected chi connectivity index (χ2v) is 9.75. The van der Waals surface area contributed by atoms with Crippen LogP contribution < -0.4 is 10.2 Å². The van der Waals surface area contributed by atoms with Crippen molar-refractivity contribution in [3.8, 4) is 0 Å². The van der Waals surface area contributed by atoms with Gasteiger partial charge in [-0.25, -0.2) is 9.37 Å². The molecule has 1 unspecified atom stereocenters. The van der Waals surface area contributed by atoms with Crippen molar-refractivity contribution >= 4 is 28.4 Å². The van der Waals surface area contributed by atoms with Crippen molar-refractivity contribution in [2.45, 2.75) is 13.3 Å². The molecule has 2 saturated heterocycles. The lowest BCUT2D eigenvalue weighted by molar-refractivity contribution is -0.129. The normalized spacial score (nSPS) is 19.1. The molecule has 9 nitrogen and oxygen atoms in total. The molecule has 1 aromatic carbocycles. The van der Waals surface area contributed by atoms with Crippen molar-refractivity contribution in [3.05, 3.63) is 54.2 Å². The van der Waals surface area contributed by atoms with E-state index >= 15 is 0 Å². The van der Waals surface area contributed by atoms with Gasteiger partial charge in [0, 0.05) is 77.1 Å². The van der Waals surface area contributed by atoms with Crippen LogP contribution in [0.5, 0.6) is 0 Å². The maximum atomic E-state index is 14.4. The number of anilines is 2. The molecular weight excluding hydrogens is 473 g/mol. The molecule has 1 amide bonds. The summed E-state index contributed by atoms with van der Waals surface area (Å²) in [4.78, 5) is 31.6. The van der Waals surface area contributed by atoms with E-state index < -0.39 is 5.82 Å². The summed E-state index contributed by atoms with van der Waals surface area (Å²) in [5.41, 5.74) is 1.20. The first-order chi connectivity index (χ1) is 18.1. The Morgan fingerprint density at radius 2 is 1.95 bits per heavy atom. The lowest BCUT2D eigenvalue weighted by Crippen LogP contribution is -2.37. The largest absolute Gasteiger partial charge is 0.378 e. The topological polar surface area (TPSA) is 86.7 Å². The highest BCUT2D eigenvalue weighted by atomic mass is 19.1. The fraction of sp³-hybridized carbons (Fsp3) is 0.481. The maximum absolute atomic E-state index is 14.4. The molecular formula is C27H34FN7O2. The van der Waals surface area contributed by atoms with Gasteiger partial charge in [-0.15, -0.1) is 0 Å². The fourth-order valence-corrected chi connectivity index (χ4v) is 5.18. The lowest BCUT2D eigenvalue weighted by Gasteiger charge is -2.27. The van der Waals surface area contributed by atoms with Crippen molar-refractivity contribution in [1.82, 2.24) is 24.8 Å². The average Bonchev–Trinajstić information content (AvgIpc) is 3.13. The predicted molar refractivity (Wildman–Crippen MR) is 141 cm³/mol. The van der Waals surface area contributed by atoms with E-state index in [9.17, 15) is 9.18 Å². The molecule has 3 aromatic rings. The summed E-state index contributed by atoms with van der Waals surface area (Å²) in [6, 6.07) is 8.29. The number of nitrogens with zero attached hydrogens (tertiary/aromatic N) is 6. The highest BCUT2D eigenvalue weighted by Gasteiger charge is 2.25. The van der Waals surface area contributed by atoms with E-state index in [0.29, 0.717) is 58.4 Å². The first-order valence-electron chi connectivity index (χ1n) is 13.0. The van der Waals surface area contributed by atoms with Gasteiger partial charge in [0.2, 0.25) is 11.9 Å². The summed E-state index contributed by atoms with van der Waals surface area (Å²) in [7, 11) is 0. The first-order valence-corrected chi connectivity index (χ1v) is 13.0. The molecule has 0 bridgehead atoms. The number of halogens is 1. The molecule has 2 aromatic heterocycles. The molecule has 2 aliphatic rings. The third-order valence-corrected chi connectivity index (χ3v) is 7.13. The fourth-order valence-electron chi connectivity index (χ4n) is 5.18. The van der Waals surface area contributed by atoms with Crippen molar-refractivity contribution in [2.24, 2.45) is 5.92 Å². The zero-order valence-electron chi connectivity index (χ0n) is 21.3. The average molecular weight is 508 g/mol. The maximum Gasteiger partial charge on any atom is 0.227 e. The molecule has 0 spiro atoms. The van der Waals surface area contributed by atoms with Crippen LogP contribution in [0.1, 0.15) is 12.5 Å². The number of benzene rings is 1. The minimum atomic E-state index is -0.461. The van der Waals surface area contributed by atoms with Crippen LogP contribution in [0.15, 0.2) is 42.9 Å². The summed E-state index contributed by atoms with van der Waals surface area (Å²) >= 11 is 0. The SMILES string of the molecule is CC(=O)N1CCN(CCNc2nc(N3CCOCC3)ncc2F)CC(Cc2cncc3ccccc23)C1. The van der Waals surface area contributed by atoms with Crippen LogP contribution in [-0.2, 0) is 16.0 Å². The van der Waals surface area contributed by atoms with E-state index in [1.54, 1.807) is 6.92 Å². The molecule has 2 aliphatic heterocycles. The second-order valence-electron chi connectivity index (χ2n) is 9.75. The molecule has 4 heterocycles. The molecule has 10 heteroatoms. The molecule has 0 aliphatic carbocycles. The Hall–Kier alpha value is -3.37. The number of carbonyl (C=O) groups excluding carboxylic acids is 1. The minimum Gasteiger partial charge on any atom is -0.378 e. The van der Waals surface area contributed by atoms with Gasteiger partial charge >= 0.3 is 0 Å². The highest BCUT2D eigenvalue weighted by Crippen LogP contribution is 2.22. The number of rotatable bonds is 7. The predicted octanol–water partition coefficient (Wildman–Crippen LogP) is 2.44. The van der Waals surface area contributed by atoms with E-state index in [1.165, 1.54) is 17.1 Å². The van der Waals surface area contributed by atoms with Crippen LogP contribution in [0.2, 0.25) is 0 Å². The van der Waals surface area contributed by atoms with Gasteiger partial charge in [-0.2, -0.15) is 4.98 Å². The number of morpholine rings is 1. The molecule has 37 heavy (non-hydrogen) atoms. The zero-order valence-corrected chi connectivity index (χ0v) is 21.3. The second kappa shape index (κ2) is 11.8. The number of aromatic nitrogens is 3. The standard InChI is InChI=1S/C27H34FN7O2/c1-20(36)35-9-8-33(18-21(19-35)14-23-16-29-15-22-4-2-3-5-24(22)23)7-6-30-26-25(28)17-31-27(32-26)34-10-12-37-13-11-34/h2-5,15-17,21H,6-14,18-19H2,1H3,(H,30,31,32). The molecule has 0 saturated carbocycles. The molecule has 1 N–H and O–H groups in total. The van der Waals surface area contributed by atoms with Crippen molar-refractivity contribution in [3.63, 3.8) is 0 Å².